The molecule has 0 amide bonds. The average Bonchev–Trinajstić information content (AvgIpc) is 2.72. The lowest BCUT2D eigenvalue weighted by molar-refractivity contribution is 0.413. The maximum atomic E-state index is 5.50. The smallest absolute Gasteiger partial charge is 0.132 e. The zero-order valence-corrected chi connectivity index (χ0v) is 7.73. The highest BCUT2D eigenvalue weighted by Crippen LogP contribution is 2.08. The first-order chi connectivity index (χ1) is 6.88. The van der Waals surface area contributed by atoms with Gasteiger partial charge in [-0.2, -0.15) is 0 Å². The molecule has 0 fully saturated rings. The second kappa shape index (κ2) is 4.07. The van der Waals surface area contributed by atoms with Crippen LogP contribution in [-0.4, -0.2) is 5.16 Å². The van der Waals surface area contributed by atoms with Crippen LogP contribution in [0.3, 0.4) is 0 Å². The van der Waals surface area contributed by atoms with E-state index in [1.807, 2.05) is 24.3 Å². The van der Waals surface area contributed by atoms with E-state index >= 15 is 0 Å². The molecule has 1 aromatic heterocycles. The Bertz CT molecular complexity index is 378. The summed E-state index contributed by atoms with van der Waals surface area (Å²) in [6, 6.07) is 11.1. The molecule has 2 rings (SSSR count). The van der Waals surface area contributed by atoms with Crippen molar-refractivity contribution in [1.82, 2.24) is 5.16 Å². The number of rotatable bonds is 3. The lowest BCUT2D eigenvalue weighted by Crippen LogP contribution is -1.96. The second-order valence-electron chi connectivity index (χ2n) is 3.10. The van der Waals surface area contributed by atoms with Crippen LogP contribution < -0.4 is 5.73 Å². The third-order valence-corrected chi connectivity index (χ3v) is 2.07. The van der Waals surface area contributed by atoms with Crippen molar-refractivity contribution in [3.8, 4) is 0 Å². The lowest BCUT2D eigenvalue weighted by Gasteiger charge is -1.99. The molecule has 1 aromatic carbocycles. The van der Waals surface area contributed by atoms with Gasteiger partial charge in [0.2, 0.25) is 0 Å². The molecular formula is C11H11N2O. The molecule has 1 radical (unpaired) electrons. The molecule has 3 nitrogen and oxygen atoms in total. The number of aromatic nitrogens is 1. The van der Waals surface area contributed by atoms with Crippen molar-refractivity contribution in [2.75, 3.05) is 0 Å². The summed E-state index contributed by atoms with van der Waals surface area (Å²) in [5, 5.41) is 3.80. The summed E-state index contributed by atoms with van der Waals surface area (Å²) >= 11 is 0. The third kappa shape index (κ3) is 2.00. The maximum Gasteiger partial charge on any atom is 0.132 e. The monoisotopic (exact) mass is 187 g/mol. The van der Waals surface area contributed by atoms with E-state index < -0.39 is 0 Å². The quantitative estimate of drug-likeness (QED) is 0.792. The summed E-state index contributed by atoms with van der Waals surface area (Å²) in [5.74, 6) is 0. The minimum atomic E-state index is 0.580. The van der Waals surface area contributed by atoms with E-state index in [9.17, 15) is 0 Å². The van der Waals surface area contributed by atoms with E-state index in [4.69, 9.17) is 10.3 Å². The van der Waals surface area contributed by atoms with Gasteiger partial charge >= 0.3 is 0 Å². The minimum Gasteiger partial charge on any atom is -0.364 e. The molecule has 0 bridgehead atoms. The zero-order chi connectivity index (χ0) is 9.80. The van der Waals surface area contributed by atoms with Crippen LogP contribution >= 0.6 is 0 Å². The van der Waals surface area contributed by atoms with Gasteiger partial charge in [0.1, 0.15) is 6.26 Å². The fourth-order valence-electron chi connectivity index (χ4n) is 1.28. The minimum absolute atomic E-state index is 0.580. The molecular weight excluding hydrogens is 176 g/mol. The fourth-order valence-corrected chi connectivity index (χ4v) is 1.28. The molecule has 2 N–H and O–H groups in total. The van der Waals surface area contributed by atoms with E-state index in [0.29, 0.717) is 6.54 Å². The summed E-state index contributed by atoms with van der Waals surface area (Å²) in [4.78, 5) is 0. The van der Waals surface area contributed by atoms with Gasteiger partial charge in [0.05, 0.1) is 11.8 Å². The van der Waals surface area contributed by atoms with Crippen molar-refractivity contribution in [2.24, 2.45) is 5.73 Å². The highest BCUT2D eigenvalue weighted by molar-refractivity contribution is 5.25. The normalized spacial score (nSPS) is 10.4. The molecule has 14 heavy (non-hydrogen) atoms. The summed E-state index contributed by atoms with van der Waals surface area (Å²) in [6.07, 6.45) is 2.21. The highest BCUT2D eigenvalue weighted by atomic mass is 16.5. The zero-order valence-electron chi connectivity index (χ0n) is 7.73. The van der Waals surface area contributed by atoms with Gasteiger partial charge in [-0.25, -0.2) is 0 Å². The van der Waals surface area contributed by atoms with Crippen molar-refractivity contribution in [3.63, 3.8) is 0 Å². The number of hydrogen-bond donors (Lipinski definition) is 1. The van der Waals surface area contributed by atoms with Crippen LogP contribution in [0.1, 0.15) is 16.8 Å². The van der Waals surface area contributed by atoms with Crippen LogP contribution in [-0.2, 0) is 13.0 Å². The van der Waals surface area contributed by atoms with Gasteiger partial charge in [0.15, 0.2) is 0 Å². The summed E-state index contributed by atoms with van der Waals surface area (Å²) < 4.78 is 4.71. The van der Waals surface area contributed by atoms with Gasteiger partial charge in [0.25, 0.3) is 0 Å². The van der Waals surface area contributed by atoms with Crippen molar-refractivity contribution in [2.45, 2.75) is 13.0 Å². The Kier molecular flexibility index (Phi) is 2.60. The van der Waals surface area contributed by atoms with Crippen molar-refractivity contribution in [1.29, 1.82) is 0 Å². The van der Waals surface area contributed by atoms with E-state index in [2.05, 4.69) is 11.2 Å². The topological polar surface area (TPSA) is 52.0 Å². The van der Waals surface area contributed by atoms with Crippen molar-refractivity contribution >= 4 is 0 Å². The number of nitrogens with zero attached hydrogens (tertiary/aromatic N) is 1. The van der Waals surface area contributed by atoms with E-state index in [1.54, 1.807) is 0 Å². The van der Waals surface area contributed by atoms with Gasteiger partial charge in [-0.05, 0) is 11.1 Å². The molecule has 0 aliphatic rings. The van der Waals surface area contributed by atoms with Gasteiger partial charge in [-0.1, -0.05) is 29.4 Å². The van der Waals surface area contributed by atoms with Crippen LogP contribution in [0.15, 0.2) is 35.1 Å². The molecule has 0 unspecified atom stereocenters. The molecule has 0 saturated carbocycles. The summed E-state index contributed by atoms with van der Waals surface area (Å²) in [6.45, 7) is 0.580. The van der Waals surface area contributed by atoms with Gasteiger partial charge < -0.3 is 10.3 Å². The van der Waals surface area contributed by atoms with Crippen LogP contribution in [0, 0.1) is 6.07 Å². The second-order valence-corrected chi connectivity index (χ2v) is 3.10. The maximum absolute atomic E-state index is 5.50. The van der Waals surface area contributed by atoms with E-state index in [-0.39, 0.29) is 0 Å². The predicted octanol–water partition coefficient (Wildman–Crippen LogP) is 1.52. The van der Waals surface area contributed by atoms with Crippen LogP contribution in [0.4, 0.5) is 0 Å². The number of benzene rings is 1. The predicted molar refractivity (Wildman–Crippen MR) is 52.5 cm³/mol. The highest BCUT2D eigenvalue weighted by Gasteiger charge is 1.99. The Morgan fingerprint density at radius 3 is 2.50 bits per heavy atom. The Morgan fingerprint density at radius 2 is 1.93 bits per heavy atom. The van der Waals surface area contributed by atoms with Crippen LogP contribution in [0.5, 0.6) is 0 Å². The first-order valence-electron chi connectivity index (χ1n) is 4.47. The van der Waals surface area contributed by atoms with Crippen molar-refractivity contribution < 1.29 is 4.52 Å². The molecule has 3 heteroatoms. The third-order valence-electron chi connectivity index (χ3n) is 2.07. The van der Waals surface area contributed by atoms with Gasteiger partial charge in [-0.15, -0.1) is 0 Å². The molecule has 0 saturated heterocycles. The summed E-state index contributed by atoms with van der Waals surface area (Å²) in [7, 11) is 0. The summed E-state index contributed by atoms with van der Waals surface area (Å²) in [5.41, 5.74) is 8.65. The first-order valence-corrected chi connectivity index (χ1v) is 4.47. The largest absolute Gasteiger partial charge is 0.364 e. The fraction of sp³-hybridized carbons (Fsp3) is 0.182. The number of hydrogen-bond acceptors (Lipinski definition) is 3. The van der Waals surface area contributed by atoms with Crippen LogP contribution in [0.2, 0.25) is 0 Å². The molecule has 0 aliphatic heterocycles. The molecule has 0 aliphatic carbocycles. The van der Waals surface area contributed by atoms with Gasteiger partial charge in [0, 0.05) is 13.0 Å². The molecule has 71 valence electrons. The Balaban J connectivity index is 2.10. The molecule has 1 heterocycles. The Hall–Kier alpha value is -1.61. The average molecular weight is 187 g/mol. The van der Waals surface area contributed by atoms with E-state index in [0.717, 1.165) is 17.7 Å². The van der Waals surface area contributed by atoms with E-state index in [1.165, 1.54) is 11.8 Å². The molecule has 0 atom stereocenters. The SMILES string of the molecule is NCc1ccc(Cc2[c]con2)cc1. The Morgan fingerprint density at radius 1 is 1.21 bits per heavy atom. The van der Waals surface area contributed by atoms with Crippen LogP contribution in [0.25, 0.3) is 0 Å². The molecule has 0 spiro atoms. The Labute approximate surface area is 82.5 Å². The van der Waals surface area contributed by atoms with Gasteiger partial charge in [-0.3, -0.25) is 0 Å². The standard InChI is InChI=1S/C11H11N2O/c12-8-10-3-1-9(2-4-10)7-11-5-6-14-13-11/h1-4,6H,7-8,12H2. The molecule has 2 aromatic rings. The van der Waals surface area contributed by atoms with Crippen molar-refractivity contribution in [3.05, 3.63) is 53.4 Å². The lowest BCUT2D eigenvalue weighted by atomic mass is 10.1. The first kappa shape index (κ1) is 8.97. The number of nitrogens with two attached hydrogens (primary N) is 1.